The van der Waals surface area contributed by atoms with E-state index in [2.05, 4.69) is 13.0 Å². The van der Waals surface area contributed by atoms with Crippen LogP contribution >= 0.6 is 0 Å². The smallest absolute Gasteiger partial charge is 0.328 e. The van der Waals surface area contributed by atoms with E-state index < -0.39 is 5.97 Å². The van der Waals surface area contributed by atoms with Crippen molar-refractivity contribution in [1.82, 2.24) is 0 Å². The van der Waals surface area contributed by atoms with E-state index in [-0.39, 0.29) is 0 Å². The monoisotopic (exact) mass is 166 g/mol. The number of carbonyl (C=O) groups is 1. The van der Waals surface area contributed by atoms with Gasteiger partial charge in [0.15, 0.2) is 0 Å². The summed E-state index contributed by atoms with van der Waals surface area (Å²) >= 11 is 0. The van der Waals surface area contributed by atoms with Crippen LogP contribution in [0.4, 0.5) is 0 Å². The summed E-state index contributed by atoms with van der Waals surface area (Å²) < 4.78 is 0. The second-order valence-electron chi connectivity index (χ2n) is 2.24. The van der Waals surface area contributed by atoms with Crippen molar-refractivity contribution in [1.29, 1.82) is 0 Å². The maximum absolute atomic E-state index is 10.00. The lowest BCUT2D eigenvalue weighted by molar-refractivity contribution is -0.131. The van der Waals surface area contributed by atoms with Crippen LogP contribution in [0.15, 0.2) is 36.5 Å². The number of rotatable bonds is 5. The first kappa shape index (κ1) is 10.7. The van der Waals surface area contributed by atoms with Crippen molar-refractivity contribution >= 4 is 5.97 Å². The Morgan fingerprint density at radius 3 is 2.58 bits per heavy atom. The molecule has 0 heterocycles. The first-order valence-corrected chi connectivity index (χ1v) is 3.98. The molecular formula is C10H14O2. The van der Waals surface area contributed by atoms with Gasteiger partial charge in [0.25, 0.3) is 0 Å². The molecule has 0 aromatic rings. The molecule has 0 aliphatic carbocycles. The van der Waals surface area contributed by atoms with Gasteiger partial charge in [-0.1, -0.05) is 37.3 Å². The molecule has 0 aromatic carbocycles. The van der Waals surface area contributed by atoms with Gasteiger partial charge in [-0.2, -0.15) is 0 Å². The van der Waals surface area contributed by atoms with Crippen LogP contribution in [0.1, 0.15) is 19.8 Å². The maximum atomic E-state index is 10.00. The Morgan fingerprint density at radius 2 is 2.00 bits per heavy atom. The van der Waals surface area contributed by atoms with Crippen LogP contribution in [0, 0.1) is 0 Å². The maximum Gasteiger partial charge on any atom is 0.328 e. The largest absolute Gasteiger partial charge is 0.478 e. The average molecular weight is 166 g/mol. The molecule has 0 fully saturated rings. The molecule has 12 heavy (non-hydrogen) atoms. The Bertz CT molecular complexity index is 200. The minimum Gasteiger partial charge on any atom is -0.478 e. The minimum absolute atomic E-state index is 0.859. The molecule has 2 nitrogen and oxygen atoms in total. The zero-order valence-electron chi connectivity index (χ0n) is 7.23. The number of hydrogen-bond donors (Lipinski definition) is 1. The second-order valence-corrected chi connectivity index (χ2v) is 2.24. The van der Waals surface area contributed by atoms with E-state index in [1.165, 1.54) is 6.08 Å². The van der Waals surface area contributed by atoms with Crippen LogP contribution in [-0.2, 0) is 4.79 Å². The van der Waals surface area contributed by atoms with Crippen LogP contribution < -0.4 is 0 Å². The van der Waals surface area contributed by atoms with Crippen LogP contribution in [0.2, 0.25) is 0 Å². The minimum atomic E-state index is -0.913. The summed E-state index contributed by atoms with van der Waals surface area (Å²) in [4.78, 5) is 10.00. The SMILES string of the molecule is CC/C=C\C/C=C\C=C\C(=O)O. The highest BCUT2D eigenvalue weighted by molar-refractivity contribution is 5.80. The molecule has 0 aliphatic rings. The third-order valence-electron chi connectivity index (χ3n) is 1.16. The summed E-state index contributed by atoms with van der Waals surface area (Å²) in [5, 5.41) is 8.22. The summed E-state index contributed by atoms with van der Waals surface area (Å²) in [7, 11) is 0. The zero-order valence-corrected chi connectivity index (χ0v) is 7.23. The molecule has 0 bridgehead atoms. The van der Waals surface area contributed by atoms with Gasteiger partial charge in [-0.3, -0.25) is 0 Å². The summed E-state index contributed by atoms with van der Waals surface area (Å²) in [6.07, 6.45) is 12.3. The molecule has 0 radical (unpaired) electrons. The van der Waals surface area contributed by atoms with E-state index in [1.807, 2.05) is 12.2 Å². The highest BCUT2D eigenvalue weighted by atomic mass is 16.4. The lowest BCUT2D eigenvalue weighted by Crippen LogP contribution is -1.84. The van der Waals surface area contributed by atoms with Crippen molar-refractivity contribution in [2.75, 3.05) is 0 Å². The zero-order chi connectivity index (χ0) is 9.23. The fourth-order valence-corrected chi connectivity index (χ4v) is 0.636. The highest BCUT2D eigenvalue weighted by Gasteiger charge is 1.79. The number of allylic oxidation sites excluding steroid dienone is 5. The molecule has 0 spiro atoms. The fraction of sp³-hybridized carbons (Fsp3) is 0.300. The van der Waals surface area contributed by atoms with E-state index >= 15 is 0 Å². The molecule has 0 saturated heterocycles. The fourth-order valence-electron chi connectivity index (χ4n) is 0.636. The highest BCUT2D eigenvalue weighted by Crippen LogP contribution is 1.88. The summed E-state index contributed by atoms with van der Waals surface area (Å²) in [6.45, 7) is 2.07. The van der Waals surface area contributed by atoms with Crippen molar-refractivity contribution in [3.8, 4) is 0 Å². The second kappa shape index (κ2) is 7.79. The van der Waals surface area contributed by atoms with Gasteiger partial charge in [0, 0.05) is 6.08 Å². The molecule has 66 valence electrons. The van der Waals surface area contributed by atoms with Crippen LogP contribution in [0.25, 0.3) is 0 Å². The Kier molecular flexibility index (Phi) is 6.94. The van der Waals surface area contributed by atoms with Gasteiger partial charge in [-0.15, -0.1) is 0 Å². The van der Waals surface area contributed by atoms with Crippen LogP contribution in [0.5, 0.6) is 0 Å². The first-order chi connectivity index (χ1) is 5.77. The van der Waals surface area contributed by atoms with Gasteiger partial charge in [-0.25, -0.2) is 4.79 Å². The normalized spacial score (nSPS) is 12.1. The van der Waals surface area contributed by atoms with Gasteiger partial charge in [-0.05, 0) is 12.8 Å². The van der Waals surface area contributed by atoms with E-state index in [9.17, 15) is 4.79 Å². The third-order valence-corrected chi connectivity index (χ3v) is 1.16. The number of hydrogen-bond acceptors (Lipinski definition) is 1. The average Bonchev–Trinajstić information content (AvgIpc) is 2.02. The first-order valence-electron chi connectivity index (χ1n) is 3.98. The van der Waals surface area contributed by atoms with E-state index in [0.29, 0.717) is 0 Å². The van der Waals surface area contributed by atoms with Gasteiger partial charge in [0.1, 0.15) is 0 Å². The van der Waals surface area contributed by atoms with E-state index in [1.54, 1.807) is 6.08 Å². The number of aliphatic carboxylic acids is 1. The summed E-state index contributed by atoms with van der Waals surface area (Å²) in [6, 6.07) is 0. The molecule has 0 aromatic heterocycles. The quantitative estimate of drug-likeness (QED) is 0.387. The molecule has 2 heteroatoms. The summed E-state index contributed by atoms with van der Waals surface area (Å²) in [5.74, 6) is -0.913. The molecule has 0 atom stereocenters. The van der Waals surface area contributed by atoms with Crippen LogP contribution in [-0.4, -0.2) is 11.1 Å². The van der Waals surface area contributed by atoms with Crippen molar-refractivity contribution in [3.63, 3.8) is 0 Å². The number of carboxylic acids is 1. The predicted octanol–water partition coefficient (Wildman–Crippen LogP) is 2.54. The van der Waals surface area contributed by atoms with Crippen molar-refractivity contribution < 1.29 is 9.90 Å². The molecule has 0 rings (SSSR count). The Morgan fingerprint density at radius 1 is 1.25 bits per heavy atom. The summed E-state index contributed by atoms with van der Waals surface area (Å²) in [5.41, 5.74) is 0. The van der Waals surface area contributed by atoms with Gasteiger partial charge in [0.05, 0.1) is 0 Å². The lowest BCUT2D eigenvalue weighted by atomic mass is 10.3. The molecule has 0 amide bonds. The van der Waals surface area contributed by atoms with Crippen LogP contribution in [0.3, 0.4) is 0 Å². The molecule has 0 saturated carbocycles. The topological polar surface area (TPSA) is 37.3 Å². The van der Waals surface area contributed by atoms with Gasteiger partial charge >= 0.3 is 5.97 Å². The van der Waals surface area contributed by atoms with Gasteiger partial charge < -0.3 is 5.11 Å². The Hall–Kier alpha value is -1.31. The predicted molar refractivity (Wildman–Crippen MR) is 50.0 cm³/mol. The Balaban J connectivity index is 3.50. The van der Waals surface area contributed by atoms with Crippen molar-refractivity contribution in [2.45, 2.75) is 19.8 Å². The van der Waals surface area contributed by atoms with E-state index in [4.69, 9.17) is 5.11 Å². The van der Waals surface area contributed by atoms with Crippen molar-refractivity contribution in [2.24, 2.45) is 0 Å². The molecule has 1 N–H and O–H groups in total. The lowest BCUT2D eigenvalue weighted by Gasteiger charge is -1.79. The van der Waals surface area contributed by atoms with Crippen molar-refractivity contribution in [3.05, 3.63) is 36.5 Å². The molecule has 0 unspecified atom stereocenters. The van der Waals surface area contributed by atoms with Gasteiger partial charge in [0.2, 0.25) is 0 Å². The van der Waals surface area contributed by atoms with E-state index in [0.717, 1.165) is 18.9 Å². The molecular weight excluding hydrogens is 152 g/mol. The number of carboxylic acid groups (broad SMARTS) is 1. The molecule has 0 aliphatic heterocycles. The Labute approximate surface area is 72.9 Å². The standard InChI is InChI=1S/C10H14O2/c1-2-3-4-5-6-7-8-9-10(11)12/h3-4,6-9H,2,5H2,1H3,(H,11,12)/b4-3-,7-6-,9-8+. The third kappa shape index (κ3) is 8.69.